The van der Waals surface area contributed by atoms with Crippen LogP contribution in [0, 0.1) is 0 Å². The minimum Gasteiger partial charge on any atom is -0.459 e. The summed E-state index contributed by atoms with van der Waals surface area (Å²) >= 11 is 1.63. The van der Waals surface area contributed by atoms with E-state index in [1.165, 1.54) is 19.1 Å². The normalized spacial score (nSPS) is 14.2. The number of aromatic nitrogens is 4. The van der Waals surface area contributed by atoms with Gasteiger partial charge in [-0.3, -0.25) is 4.79 Å². The van der Waals surface area contributed by atoms with Crippen molar-refractivity contribution in [2.24, 2.45) is 0 Å². The Bertz CT molecular complexity index is 917. The highest BCUT2D eigenvalue weighted by atomic mass is 32.2. The molecule has 3 aromatic heterocycles. The summed E-state index contributed by atoms with van der Waals surface area (Å²) in [6.45, 7) is 5.10. The van der Waals surface area contributed by atoms with Crippen LogP contribution < -0.4 is 10.2 Å². The van der Waals surface area contributed by atoms with Crippen LogP contribution >= 0.6 is 11.8 Å². The monoisotopic (exact) mass is 386 g/mol. The third-order valence-electron chi connectivity index (χ3n) is 4.49. The fourth-order valence-corrected chi connectivity index (χ4v) is 3.78. The number of hydrogen-bond donors (Lipinski definition) is 1. The number of nitrogens with zero attached hydrogens (tertiary/aromatic N) is 5. The highest BCUT2D eigenvalue weighted by Crippen LogP contribution is 2.29. The summed E-state index contributed by atoms with van der Waals surface area (Å²) in [7, 11) is 0. The molecule has 1 fully saturated rings. The molecule has 0 saturated carbocycles. The molecule has 8 nitrogen and oxygen atoms in total. The summed E-state index contributed by atoms with van der Waals surface area (Å²) in [5.41, 5.74) is 0.815. The average Bonchev–Trinajstić information content (AvgIpc) is 3.43. The lowest BCUT2D eigenvalue weighted by Gasteiger charge is -2.17. The van der Waals surface area contributed by atoms with E-state index >= 15 is 0 Å². The SMILES string of the molecule is CCSc1nc(N2CCCC2)c2cnn(CCNC(=O)c3ccco3)c2n1. The number of carbonyl (C=O) groups excluding carboxylic acids is 1. The molecule has 0 atom stereocenters. The van der Waals surface area contributed by atoms with Crippen molar-refractivity contribution in [3.63, 3.8) is 0 Å². The van der Waals surface area contributed by atoms with Crippen molar-refractivity contribution >= 4 is 34.5 Å². The number of anilines is 1. The largest absolute Gasteiger partial charge is 0.459 e. The Kier molecular flexibility index (Phi) is 5.28. The first-order valence-corrected chi connectivity index (χ1v) is 10.2. The standard InChI is InChI=1S/C18H22N6O2S/c1-2-27-18-21-15(23-8-3-4-9-23)13-12-20-24(16(13)22-18)10-7-19-17(25)14-6-5-11-26-14/h5-6,11-12H,2-4,7-10H2,1H3,(H,19,25). The van der Waals surface area contributed by atoms with Crippen LogP contribution in [0.15, 0.2) is 34.2 Å². The van der Waals surface area contributed by atoms with Crippen molar-refractivity contribution in [1.82, 2.24) is 25.1 Å². The zero-order valence-corrected chi connectivity index (χ0v) is 16.0. The van der Waals surface area contributed by atoms with Crippen molar-refractivity contribution in [2.75, 3.05) is 30.3 Å². The van der Waals surface area contributed by atoms with Gasteiger partial charge in [0, 0.05) is 19.6 Å². The van der Waals surface area contributed by atoms with Gasteiger partial charge in [-0.05, 0) is 30.7 Å². The molecule has 1 saturated heterocycles. The van der Waals surface area contributed by atoms with Crippen molar-refractivity contribution in [1.29, 1.82) is 0 Å². The van der Waals surface area contributed by atoms with Crippen molar-refractivity contribution < 1.29 is 9.21 Å². The summed E-state index contributed by atoms with van der Waals surface area (Å²) in [4.78, 5) is 23.8. The molecule has 0 aliphatic carbocycles. The number of fused-ring (bicyclic) bond motifs is 1. The first kappa shape index (κ1) is 17.8. The highest BCUT2D eigenvalue weighted by molar-refractivity contribution is 7.99. The molecule has 1 amide bonds. The molecule has 4 rings (SSSR count). The average molecular weight is 386 g/mol. The summed E-state index contributed by atoms with van der Waals surface area (Å²) < 4.78 is 6.94. The number of amides is 1. The third kappa shape index (κ3) is 3.78. The Morgan fingerprint density at radius 2 is 2.19 bits per heavy atom. The molecular formula is C18H22N6O2S. The van der Waals surface area contributed by atoms with Gasteiger partial charge in [0.2, 0.25) is 0 Å². The Balaban J connectivity index is 1.55. The van der Waals surface area contributed by atoms with E-state index in [1.807, 2.05) is 10.9 Å². The number of hydrogen-bond acceptors (Lipinski definition) is 7. The van der Waals surface area contributed by atoms with Crippen LogP contribution in [0.3, 0.4) is 0 Å². The lowest BCUT2D eigenvalue weighted by Crippen LogP contribution is -2.27. The second-order valence-electron chi connectivity index (χ2n) is 6.30. The predicted octanol–water partition coefficient (Wildman–Crippen LogP) is 2.56. The smallest absolute Gasteiger partial charge is 0.287 e. The Morgan fingerprint density at radius 1 is 1.33 bits per heavy atom. The van der Waals surface area contributed by atoms with Crippen LogP contribution in [0.5, 0.6) is 0 Å². The van der Waals surface area contributed by atoms with Crippen LogP contribution in [0.4, 0.5) is 5.82 Å². The number of rotatable bonds is 7. The van der Waals surface area contributed by atoms with Gasteiger partial charge in [-0.2, -0.15) is 5.10 Å². The lowest BCUT2D eigenvalue weighted by atomic mass is 10.3. The molecule has 3 aromatic rings. The zero-order chi connectivity index (χ0) is 18.6. The van der Waals surface area contributed by atoms with Crippen LogP contribution in [0.2, 0.25) is 0 Å². The summed E-state index contributed by atoms with van der Waals surface area (Å²) in [6.07, 6.45) is 5.70. The lowest BCUT2D eigenvalue weighted by molar-refractivity contribution is 0.0924. The Labute approximate surface area is 161 Å². The van der Waals surface area contributed by atoms with Gasteiger partial charge in [-0.1, -0.05) is 18.7 Å². The maximum absolute atomic E-state index is 12.0. The molecule has 1 N–H and O–H groups in total. The maximum atomic E-state index is 12.0. The van der Waals surface area contributed by atoms with E-state index in [0.717, 1.165) is 40.9 Å². The molecule has 0 aromatic carbocycles. The van der Waals surface area contributed by atoms with Gasteiger partial charge in [0.05, 0.1) is 24.4 Å². The number of thioether (sulfide) groups is 1. The van der Waals surface area contributed by atoms with Gasteiger partial charge in [0.1, 0.15) is 5.82 Å². The molecule has 9 heteroatoms. The van der Waals surface area contributed by atoms with Gasteiger partial charge in [0.15, 0.2) is 16.6 Å². The van der Waals surface area contributed by atoms with Gasteiger partial charge in [-0.25, -0.2) is 14.6 Å². The van der Waals surface area contributed by atoms with Crippen LogP contribution in [-0.4, -0.2) is 51.0 Å². The molecule has 1 aliphatic rings. The second-order valence-corrected chi connectivity index (χ2v) is 7.53. The topological polar surface area (TPSA) is 89.1 Å². The van der Waals surface area contributed by atoms with Crippen molar-refractivity contribution in [3.8, 4) is 0 Å². The zero-order valence-electron chi connectivity index (χ0n) is 15.2. The van der Waals surface area contributed by atoms with Crippen LogP contribution in [0.1, 0.15) is 30.3 Å². The Hall–Kier alpha value is -2.55. The molecule has 142 valence electrons. The number of furan rings is 1. The highest BCUT2D eigenvalue weighted by Gasteiger charge is 2.20. The maximum Gasteiger partial charge on any atom is 0.287 e. The first-order valence-electron chi connectivity index (χ1n) is 9.19. The van der Waals surface area contributed by atoms with Crippen molar-refractivity contribution in [3.05, 3.63) is 30.4 Å². The van der Waals surface area contributed by atoms with E-state index in [2.05, 4.69) is 22.2 Å². The number of nitrogens with one attached hydrogen (secondary N) is 1. The summed E-state index contributed by atoms with van der Waals surface area (Å²) in [5.74, 6) is 1.96. The molecule has 4 heterocycles. The van der Waals surface area contributed by atoms with E-state index < -0.39 is 0 Å². The van der Waals surface area contributed by atoms with E-state index in [9.17, 15) is 4.79 Å². The summed E-state index contributed by atoms with van der Waals surface area (Å²) in [6, 6.07) is 3.34. The van der Waals surface area contributed by atoms with Gasteiger partial charge >= 0.3 is 0 Å². The minimum atomic E-state index is -0.230. The van der Waals surface area contributed by atoms with E-state index in [4.69, 9.17) is 14.4 Å². The molecule has 0 unspecified atom stereocenters. The summed E-state index contributed by atoms with van der Waals surface area (Å²) in [5, 5.41) is 9.08. The molecule has 0 spiro atoms. The minimum absolute atomic E-state index is 0.230. The Morgan fingerprint density at radius 3 is 2.93 bits per heavy atom. The first-order chi connectivity index (χ1) is 13.3. The second kappa shape index (κ2) is 7.99. The molecule has 1 aliphatic heterocycles. The fourth-order valence-electron chi connectivity index (χ4n) is 3.22. The van der Waals surface area contributed by atoms with E-state index in [0.29, 0.717) is 18.8 Å². The van der Waals surface area contributed by atoms with Gasteiger partial charge in [0.25, 0.3) is 5.91 Å². The molecule has 0 bridgehead atoms. The van der Waals surface area contributed by atoms with Crippen LogP contribution in [0.25, 0.3) is 11.0 Å². The third-order valence-corrected chi connectivity index (χ3v) is 5.22. The van der Waals surface area contributed by atoms with Gasteiger partial charge in [-0.15, -0.1) is 0 Å². The predicted molar refractivity (Wildman–Crippen MR) is 104 cm³/mol. The van der Waals surface area contributed by atoms with Crippen LogP contribution in [-0.2, 0) is 6.54 Å². The van der Waals surface area contributed by atoms with Crippen molar-refractivity contribution in [2.45, 2.75) is 31.5 Å². The van der Waals surface area contributed by atoms with E-state index in [1.54, 1.807) is 23.9 Å². The number of carbonyl (C=O) groups is 1. The molecule has 27 heavy (non-hydrogen) atoms. The van der Waals surface area contributed by atoms with Gasteiger partial charge < -0.3 is 14.6 Å². The molecular weight excluding hydrogens is 364 g/mol. The molecule has 0 radical (unpaired) electrons. The fraction of sp³-hybridized carbons (Fsp3) is 0.444. The quantitative estimate of drug-likeness (QED) is 0.493. The van der Waals surface area contributed by atoms with E-state index in [-0.39, 0.29) is 5.91 Å².